The van der Waals surface area contributed by atoms with E-state index in [1.165, 1.54) is 0 Å². The van der Waals surface area contributed by atoms with Gasteiger partial charge in [-0.1, -0.05) is 0 Å². The maximum absolute atomic E-state index is 5.56. The largest absolute Gasteiger partial charge is 0.382 e. The highest BCUT2D eigenvalue weighted by Gasteiger charge is 2.02. The lowest BCUT2D eigenvalue weighted by Gasteiger charge is -2.20. The highest BCUT2D eigenvalue weighted by atomic mass is 16.5. The van der Waals surface area contributed by atoms with Crippen LogP contribution in [0, 0.1) is 0 Å². The van der Waals surface area contributed by atoms with Gasteiger partial charge in [0.1, 0.15) is 0 Å². The van der Waals surface area contributed by atoms with Crippen molar-refractivity contribution < 1.29 is 14.2 Å². The minimum absolute atomic E-state index is 0.118. The molecule has 1 unspecified atom stereocenters. The Morgan fingerprint density at radius 3 is 2.33 bits per heavy atom. The van der Waals surface area contributed by atoms with Gasteiger partial charge in [0.15, 0.2) is 0 Å². The first-order valence-electron chi connectivity index (χ1n) is 7.76. The maximum atomic E-state index is 5.56. The fourth-order valence-corrected chi connectivity index (χ4v) is 1.90. The molecule has 0 aromatic rings. The van der Waals surface area contributed by atoms with E-state index in [9.17, 15) is 0 Å². The summed E-state index contributed by atoms with van der Waals surface area (Å²) < 4.78 is 16.0. The van der Waals surface area contributed by atoms with Crippen LogP contribution in [0.25, 0.3) is 0 Å². The smallest absolute Gasteiger partial charge is 0.0781 e. The second-order valence-corrected chi connectivity index (χ2v) is 4.92. The molecule has 0 saturated heterocycles. The first-order valence-corrected chi connectivity index (χ1v) is 7.76. The first kappa shape index (κ1) is 20.7. The van der Waals surface area contributed by atoms with Crippen LogP contribution < -0.4 is 16.8 Å². The molecule has 0 radical (unpaired) electrons. The van der Waals surface area contributed by atoms with Gasteiger partial charge in [-0.25, -0.2) is 0 Å². The second kappa shape index (κ2) is 16.1. The van der Waals surface area contributed by atoms with Crippen LogP contribution in [-0.4, -0.2) is 90.4 Å². The van der Waals surface area contributed by atoms with E-state index < -0.39 is 0 Å². The molecule has 0 amide bonds. The van der Waals surface area contributed by atoms with Gasteiger partial charge < -0.3 is 31.0 Å². The topological polar surface area (TPSA) is 95.0 Å². The molecule has 7 heteroatoms. The molecular weight excluding hydrogens is 272 g/mol. The highest BCUT2D eigenvalue weighted by molar-refractivity contribution is 4.60. The zero-order chi connectivity index (χ0) is 15.8. The van der Waals surface area contributed by atoms with Gasteiger partial charge in [0.2, 0.25) is 0 Å². The molecule has 7 nitrogen and oxygen atoms in total. The van der Waals surface area contributed by atoms with Crippen molar-refractivity contribution in [3.63, 3.8) is 0 Å². The molecule has 0 aliphatic rings. The minimum Gasteiger partial charge on any atom is -0.382 e. The van der Waals surface area contributed by atoms with Crippen molar-refractivity contribution in [2.75, 3.05) is 79.4 Å². The lowest BCUT2D eigenvalue weighted by Crippen LogP contribution is -2.39. The summed E-state index contributed by atoms with van der Waals surface area (Å²) in [7, 11) is 1.67. The predicted molar refractivity (Wildman–Crippen MR) is 85.5 cm³/mol. The molecule has 0 aromatic heterocycles. The average molecular weight is 306 g/mol. The number of nitrogens with one attached hydrogen (secondary N) is 1. The normalized spacial score (nSPS) is 13.0. The van der Waals surface area contributed by atoms with Gasteiger partial charge in [-0.05, 0) is 6.92 Å². The van der Waals surface area contributed by atoms with E-state index in [0.717, 1.165) is 32.7 Å². The number of nitrogens with zero attached hydrogens (tertiary/aromatic N) is 1. The van der Waals surface area contributed by atoms with E-state index in [1.54, 1.807) is 7.11 Å². The Balaban J connectivity index is 3.28. The molecule has 128 valence electrons. The summed E-state index contributed by atoms with van der Waals surface area (Å²) >= 11 is 0. The number of methoxy groups -OCH3 is 1. The Hall–Kier alpha value is -0.280. The highest BCUT2D eigenvalue weighted by Crippen LogP contribution is 1.90. The summed E-state index contributed by atoms with van der Waals surface area (Å²) in [6.07, 6.45) is 0.118. The van der Waals surface area contributed by atoms with Crippen molar-refractivity contribution in [1.82, 2.24) is 10.2 Å². The third-order valence-electron chi connectivity index (χ3n) is 2.95. The van der Waals surface area contributed by atoms with Crippen molar-refractivity contribution >= 4 is 0 Å². The van der Waals surface area contributed by atoms with Gasteiger partial charge in [0.05, 0.1) is 32.5 Å². The molecule has 0 heterocycles. The van der Waals surface area contributed by atoms with Crippen LogP contribution in [0.2, 0.25) is 0 Å². The Bertz CT molecular complexity index is 205. The summed E-state index contributed by atoms with van der Waals surface area (Å²) in [6.45, 7) is 10.4. The van der Waals surface area contributed by atoms with Crippen LogP contribution in [0.5, 0.6) is 0 Å². The summed E-state index contributed by atoms with van der Waals surface area (Å²) in [5.41, 5.74) is 11.1. The van der Waals surface area contributed by atoms with Crippen molar-refractivity contribution in [1.29, 1.82) is 0 Å². The lowest BCUT2D eigenvalue weighted by atomic mass is 10.4. The monoisotopic (exact) mass is 306 g/mol. The molecule has 5 N–H and O–H groups in total. The van der Waals surface area contributed by atoms with Crippen molar-refractivity contribution in [2.45, 2.75) is 13.0 Å². The molecule has 1 atom stereocenters. The molecule has 0 fully saturated rings. The zero-order valence-corrected chi connectivity index (χ0v) is 13.7. The number of hydrogen-bond donors (Lipinski definition) is 3. The predicted octanol–water partition coefficient (Wildman–Crippen LogP) is -1.14. The van der Waals surface area contributed by atoms with Crippen molar-refractivity contribution in [2.24, 2.45) is 11.5 Å². The fourth-order valence-electron chi connectivity index (χ4n) is 1.90. The van der Waals surface area contributed by atoms with Gasteiger partial charge in [-0.2, -0.15) is 0 Å². The minimum atomic E-state index is 0.118. The third kappa shape index (κ3) is 14.4. The number of rotatable bonds is 16. The summed E-state index contributed by atoms with van der Waals surface area (Å²) in [5, 5.41) is 3.34. The average Bonchev–Trinajstić information content (AvgIpc) is 2.46. The Morgan fingerprint density at radius 1 is 1.00 bits per heavy atom. The van der Waals surface area contributed by atoms with Gasteiger partial charge >= 0.3 is 0 Å². The Morgan fingerprint density at radius 2 is 1.71 bits per heavy atom. The number of nitrogens with two attached hydrogens (primary N) is 2. The zero-order valence-electron chi connectivity index (χ0n) is 13.7. The van der Waals surface area contributed by atoms with Gasteiger partial charge in [-0.3, -0.25) is 4.90 Å². The van der Waals surface area contributed by atoms with Crippen LogP contribution in [0.3, 0.4) is 0 Å². The lowest BCUT2D eigenvalue weighted by molar-refractivity contribution is -0.0192. The van der Waals surface area contributed by atoms with E-state index in [4.69, 9.17) is 25.7 Å². The van der Waals surface area contributed by atoms with Crippen molar-refractivity contribution in [3.8, 4) is 0 Å². The molecule has 0 bridgehead atoms. The third-order valence-corrected chi connectivity index (χ3v) is 2.95. The van der Waals surface area contributed by atoms with Gasteiger partial charge in [0.25, 0.3) is 0 Å². The van der Waals surface area contributed by atoms with E-state index >= 15 is 0 Å². The van der Waals surface area contributed by atoms with Crippen LogP contribution in [-0.2, 0) is 14.2 Å². The summed E-state index contributed by atoms with van der Waals surface area (Å²) in [4.78, 5) is 2.26. The van der Waals surface area contributed by atoms with Gasteiger partial charge in [0, 0.05) is 52.9 Å². The van der Waals surface area contributed by atoms with E-state index in [2.05, 4.69) is 10.2 Å². The van der Waals surface area contributed by atoms with Crippen LogP contribution in [0.4, 0.5) is 0 Å². The Kier molecular flexibility index (Phi) is 15.9. The standard InChI is InChI=1S/C14H34N4O3/c1-14(13-19-2)21-12-11-20-10-6-17-5-9-18(7-3-15)8-4-16/h14,17H,3-13,15-16H2,1-2H3. The molecule has 0 aromatic carbocycles. The summed E-state index contributed by atoms with van der Waals surface area (Å²) in [5.74, 6) is 0. The molecule has 0 saturated carbocycles. The van der Waals surface area contributed by atoms with Crippen molar-refractivity contribution in [3.05, 3.63) is 0 Å². The SMILES string of the molecule is COCC(C)OCCOCCNCCN(CCN)CCN. The second-order valence-electron chi connectivity index (χ2n) is 4.92. The quantitative estimate of drug-likeness (QED) is 0.310. The molecular formula is C14H34N4O3. The molecule has 0 aliphatic heterocycles. The van der Waals surface area contributed by atoms with E-state index in [0.29, 0.717) is 39.5 Å². The van der Waals surface area contributed by atoms with E-state index in [-0.39, 0.29) is 6.10 Å². The van der Waals surface area contributed by atoms with Crippen LogP contribution in [0.1, 0.15) is 6.92 Å². The number of ether oxygens (including phenoxy) is 3. The number of hydrogen-bond acceptors (Lipinski definition) is 7. The Labute approximate surface area is 129 Å². The van der Waals surface area contributed by atoms with Crippen LogP contribution in [0.15, 0.2) is 0 Å². The molecule has 0 rings (SSSR count). The van der Waals surface area contributed by atoms with Crippen LogP contribution >= 0.6 is 0 Å². The maximum Gasteiger partial charge on any atom is 0.0781 e. The molecule has 0 aliphatic carbocycles. The molecule has 21 heavy (non-hydrogen) atoms. The molecule has 0 spiro atoms. The van der Waals surface area contributed by atoms with Gasteiger partial charge in [-0.15, -0.1) is 0 Å². The van der Waals surface area contributed by atoms with E-state index in [1.807, 2.05) is 6.92 Å². The summed E-state index contributed by atoms with van der Waals surface area (Å²) in [6, 6.07) is 0. The fraction of sp³-hybridized carbons (Fsp3) is 1.00. The first-order chi connectivity index (χ1) is 10.2.